The molecule has 1 aromatic rings. The lowest BCUT2D eigenvalue weighted by atomic mass is 9.78. The largest absolute Gasteiger partial charge is 0.458 e. The average Bonchev–Trinajstić information content (AvgIpc) is 3.40. The zero-order valence-corrected chi connectivity index (χ0v) is 25.0. The van der Waals surface area contributed by atoms with Gasteiger partial charge in [0.05, 0.1) is 12.9 Å². The van der Waals surface area contributed by atoms with Crippen molar-refractivity contribution in [3.8, 4) is 0 Å². The summed E-state index contributed by atoms with van der Waals surface area (Å²) in [7, 11) is -3.94. The molecule has 2 aliphatic rings. The van der Waals surface area contributed by atoms with Crippen LogP contribution in [0.4, 0.5) is 4.79 Å². The third-order valence-electron chi connectivity index (χ3n) is 6.73. The summed E-state index contributed by atoms with van der Waals surface area (Å²) >= 11 is 0. The minimum absolute atomic E-state index is 0.0648. The number of rotatable bonds is 7. The molecule has 3 rings (SSSR count). The predicted molar refractivity (Wildman–Crippen MR) is 143 cm³/mol. The summed E-state index contributed by atoms with van der Waals surface area (Å²) in [5.41, 5.74) is -2.99. The molecule has 38 heavy (non-hydrogen) atoms. The van der Waals surface area contributed by atoms with E-state index in [1.807, 2.05) is 51.1 Å². The maximum Gasteiger partial charge on any atom is 0.408 e. The fourth-order valence-corrected chi connectivity index (χ4v) is 6.33. The Labute approximate surface area is 227 Å². The maximum absolute atomic E-state index is 14.1. The minimum atomic E-state index is -3.94. The molecule has 0 saturated heterocycles. The summed E-state index contributed by atoms with van der Waals surface area (Å²) in [4.78, 5) is 27.4. The highest BCUT2D eigenvalue weighted by Gasteiger charge is 2.81. The number of esters is 1. The third kappa shape index (κ3) is 6.87. The summed E-state index contributed by atoms with van der Waals surface area (Å²) in [5.74, 6) is -1.76. The highest BCUT2D eigenvalue weighted by molar-refractivity contribution is 7.86. The molecule has 6 atom stereocenters. The second-order valence-electron chi connectivity index (χ2n) is 13.5. The maximum atomic E-state index is 14.1. The summed E-state index contributed by atoms with van der Waals surface area (Å²) < 4.78 is 48.3. The lowest BCUT2D eigenvalue weighted by Gasteiger charge is -2.42. The molecule has 10 heteroatoms. The van der Waals surface area contributed by atoms with Crippen molar-refractivity contribution in [3.05, 3.63) is 35.9 Å². The molecule has 0 aromatic heterocycles. The molecule has 1 aromatic carbocycles. The van der Waals surface area contributed by atoms with Gasteiger partial charge in [-0.15, -0.1) is 0 Å². The van der Waals surface area contributed by atoms with Crippen molar-refractivity contribution < 1.29 is 36.4 Å². The van der Waals surface area contributed by atoms with Gasteiger partial charge in [0.25, 0.3) is 10.1 Å². The van der Waals surface area contributed by atoms with Gasteiger partial charge in [-0.05, 0) is 64.4 Å². The van der Waals surface area contributed by atoms with E-state index in [1.54, 1.807) is 41.5 Å². The van der Waals surface area contributed by atoms with Gasteiger partial charge in [0.15, 0.2) is 5.54 Å². The van der Waals surface area contributed by atoms with Gasteiger partial charge >= 0.3 is 12.1 Å². The van der Waals surface area contributed by atoms with Gasteiger partial charge in [0, 0.05) is 5.92 Å². The van der Waals surface area contributed by atoms with Crippen molar-refractivity contribution in [2.45, 2.75) is 97.9 Å². The van der Waals surface area contributed by atoms with Gasteiger partial charge in [-0.2, -0.15) is 8.42 Å². The number of carbonyl (C=O) groups is 2. The van der Waals surface area contributed by atoms with Crippen LogP contribution in [-0.4, -0.2) is 55.7 Å². The second kappa shape index (κ2) is 10.1. The monoisotopic (exact) mass is 553 g/mol. The average molecular weight is 554 g/mol. The zero-order chi connectivity index (χ0) is 28.9. The van der Waals surface area contributed by atoms with E-state index >= 15 is 0 Å². The molecule has 2 fully saturated rings. The van der Waals surface area contributed by atoms with Crippen molar-refractivity contribution in [1.29, 1.82) is 0 Å². The molecule has 2 aliphatic carbocycles. The minimum Gasteiger partial charge on any atom is -0.458 e. The Morgan fingerprint density at radius 1 is 0.921 bits per heavy atom. The normalized spacial score (nSPS) is 29.4. The number of hydrogen-bond acceptors (Lipinski definition) is 8. The van der Waals surface area contributed by atoms with Gasteiger partial charge in [0.1, 0.15) is 23.4 Å². The number of hydrogen-bond donors (Lipinski definition) is 1. The lowest BCUT2D eigenvalue weighted by molar-refractivity contribution is -0.176. The molecule has 0 aliphatic heterocycles. The van der Waals surface area contributed by atoms with E-state index in [0.717, 1.165) is 11.8 Å². The first kappa shape index (κ1) is 30.4. The molecule has 0 unspecified atom stereocenters. The molecule has 1 N–H and O–H groups in total. The van der Waals surface area contributed by atoms with Crippen molar-refractivity contribution in [1.82, 2.24) is 5.32 Å². The molecule has 9 nitrogen and oxygen atoms in total. The Balaban J connectivity index is 2.17. The van der Waals surface area contributed by atoms with Crippen molar-refractivity contribution in [2.24, 2.45) is 23.2 Å². The van der Waals surface area contributed by atoms with E-state index in [0.29, 0.717) is 0 Å². The highest BCUT2D eigenvalue weighted by atomic mass is 32.2. The highest BCUT2D eigenvalue weighted by Crippen LogP contribution is 2.69. The zero-order valence-electron chi connectivity index (χ0n) is 24.2. The molecule has 2 saturated carbocycles. The van der Waals surface area contributed by atoms with Crippen LogP contribution in [-0.2, 0) is 39.9 Å². The summed E-state index contributed by atoms with van der Waals surface area (Å²) in [6, 6.07) is 9.29. The van der Waals surface area contributed by atoms with Crippen LogP contribution in [0.25, 0.3) is 0 Å². The number of amides is 1. The summed E-state index contributed by atoms with van der Waals surface area (Å²) in [6.45, 7) is 16.5. The molecule has 0 heterocycles. The van der Waals surface area contributed by atoms with Crippen LogP contribution in [0.3, 0.4) is 0 Å². The van der Waals surface area contributed by atoms with Crippen molar-refractivity contribution in [3.63, 3.8) is 0 Å². The Hall–Kier alpha value is -2.17. The number of alkyl carbamates (subject to hydrolysis) is 1. The summed E-state index contributed by atoms with van der Waals surface area (Å²) in [6.07, 6.45) is -2.03. The van der Waals surface area contributed by atoms with E-state index in [2.05, 4.69) is 5.32 Å². The topological polar surface area (TPSA) is 117 Å². The van der Waals surface area contributed by atoms with Gasteiger partial charge < -0.3 is 19.5 Å². The first-order valence-corrected chi connectivity index (χ1v) is 14.8. The van der Waals surface area contributed by atoms with Gasteiger partial charge in [0.2, 0.25) is 0 Å². The van der Waals surface area contributed by atoms with Gasteiger partial charge in [-0.1, -0.05) is 51.1 Å². The van der Waals surface area contributed by atoms with E-state index in [1.165, 1.54) is 0 Å². The number of ether oxygens (including phenoxy) is 3. The SMILES string of the molecule is CC(C)(C)OC(=O)N[C@]1(C(=O)OC(C)(C)C)[C@H]2[C@@H]([C@@H](OS(C)(=O)=O)[C@H]1OCc1ccccc1)[C@@H]2C(C)(C)C. The molecule has 214 valence electrons. The number of nitrogens with one attached hydrogen (secondary N) is 1. The van der Waals surface area contributed by atoms with Crippen molar-refractivity contribution >= 4 is 22.2 Å². The van der Waals surface area contributed by atoms with Gasteiger partial charge in [-0.25, -0.2) is 9.59 Å². The van der Waals surface area contributed by atoms with Crippen LogP contribution in [0.5, 0.6) is 0 Å². The number of carbonyl (C=O) groups excluding carboxylic acids is 2. The van der Waals surface area contributed by atoms with E-state index in [9.17, 15) is 18.0 Å². The van der Waals surface area contributed by atoms with Crippen LogP contribution in [0.15, 0.2) is 30.3 Å². The smallest absolute Gasteiger partial charge is 0.408 e. The number of fused-ring (bicyclic) bond motifs is 1. The number of benzene rings is 1. The van der Waals surface area contributed by atoms with E-state index in [-0.39, 0.29) is 23.9 Å². The van der Waals surface area contributed by atoms with Crippen LogP contribution in [0.1, 0.15) is 67.9 Å². The molecule has 0 bridgehead atoms. The molecule has 1 amide bonds. The van der Waals surface area contributed by atoms with Gasteiger partial charge in [-0.3, -0.25) is 4.18 Å². The Kier molecular flexibility index (Phi) is 8.07. The van der Waals surface area contributed by atoms with Crippen LogP contribution in [0.2, 0.25) is 0 Å². The standard InChI is InChI=1S/C28H43NO8S/c1-25(2,3)19-18-20(19)28(23(30)35-26(4,5)6,29-24(31)36-27(7,8)9)22(21(18)37-38(10,32)33)34-16-17-14-12-11-13-15-17/h11-15,18-22H,16H2,1-10H3,(H,29,31)/t18-,19-,20-,21+,22+,28+/m0/s1. The first-order valence-electron chi connectivity index (χ1n) is 12.9. The van der Waals surface area contributed by atoms with Crippen LogP contribution in [0, 0.1) is 23.2 Å². The fraction of sp³-hybridized carbons (Fsp3) is 0.714. The van der Waals surface area contributed by atoms with Crippen LogP contribution < -0.4 is 5.32 Å². The first-order chi connectivity index (χ1) is 17.2. The fourth-order valence-electron chi connectivity index (χ4n) is 5.69. The molecular weight excluding hydrogens is 510 g/mol. The Bertz CT molecular complexity index is 1130. The Morgan fingerprint density at radius 3 is 1.95 bits per heavy atom. The third-order valence-corrected chi connectivity index (χ3v) is 7.30. The molecule has 0 radical (unpaired) electrons. The van der Waals surface area contributed by atoms with E-state index < -0.39 is 57.0 Å². The van der Waals surface area contributed by atoms with Crippen molar-refractivity contribution in [2.75, 3.05) is 6.26 Å². The van der Waals surface area contributed by atoms with Crippen LogP contribution >= 0.6 is 0 Å². The molecule has 0 spiro atoms. The Morgan fingerprint density at radius 2 is 1.47 bits per heavy atom. The quantitative estimate of drug-likeness (QED) is 0.389. The predicted octanol–water partition coefficient (Wildman–Crippen LogP) is 4.44. The lowest BCUT2D eigenvalue weighted by Crippen LogP contribution is -2.67. The second-order valence-corrected chi connectivity index (χ2v) is 15.1. The molecular formula is C28H43NO8S. The van der Waals surface area contributed by atoms with E-state index in [4.69, 9.17) is 18.4 Å². The summed E-state index contributed by atoms with van der Waals surface area (Å²) in [5, 5.41) is 2.83.